The van der Waals surface area contributed by atoms with Crippen molar-refractivity contribution in [2.24, 2.45) is 0 Å². The minimum absolute atomic E-state index is 0.0948. The number of carbonyl (C=O) groups excluding carboxylic acids is 2. The maximum atomic E-state index is 12.5. The number of thioether (sulfide) groups is 2. The number of nitrogens with zero attached hydrogens (tertiary/aromatic N) is 6. The van der Waals surface area contributed by atoms with Gasteiger partial charge in [-0.1, -0.05) is 84.2 Å². The number of benzene rings is 3. The first-order valence-electron chi connectivity index (χ1n) is 11.9. The number of hydrogen-bond acceptors (Lipinski definition) is 10. The Morgan fingerprint density at radius 2 is 0.975 bits per heavy atom. The molecule has 12 nitrogen and oxygen atoms in total. The van der Waals surface area contributed by atoms with Gasteiger partial charge in [0, 0.05) is 22.5 Å². The fourth-order valence-corrected chi connectivity index (χ4v) is 4.92. The first kappa shape index (κ1) is 26.8. The lowest BCUT2D eigenvalue weighted by Crippen LogP contribution is -2.17. The van der Waals surface area contributed by atoms with E-state index in [1.54, 1.807) is 24.3 Å². The highest BCUT2D eigenvalue weighted by Gasteiger charge is 2.15. The zero-order valence-electron chi connectivity index (χ0n) is 21.0. The summed E-state index contributed by atoms with van der Waals surface area (Å²) in [5.74, 6) is 13.0. The summed E-state index contributed by atoms with van der Waals surface area (Å²) >= 11 is 2.36. The van der Waals surface area contributed by atoms with Crippen LogP contribution in [0.1, 0.15) is 0 Å². The van der Waals surface area contributed by atoms with E-state index in [4.69, 9.17) is 11.7 Å². The Labute approximate surface area is 237 Å². The SMILES string of the molecule is Nn1c(SCC(=O)Nc2ccc(NC(=O)CSc3nnc(-c4ccccc4)n3N)cc2)nnc1-c1ccccc1. The molecule has 0 bridgehead atoms. The summed E-state index contributed by atoms with van der Waals surface area (Å²) < 4.78 is 2.73. The van der Waals surface area contributed by atoms with Gasteiger partial charge in [0.05, 0.1) is 11.5 Å². The van der Waals surface area contributed by atoms with Crippen molar-refractivity contribution in [3.8, 4) is 22.8 Å². The van der Waals surface area contributed by atoms with Crippen molar-refractivity contribution >= 4 is 46.7 Å². The van der Waals surface area contributed by atoms with Crippen molar-refractivity contribution in [3.63, 3.8) is 0 Å². The number of nitrogens with one attached hydrogen (secondary N) is 2. The Morgan fingerprint density at radius 1 is 0.600 bits per heavy atom. The fraction of sp³-hybridized carbons (Fsp3) is 0.0769. The number of hydrogen-bond donors (Lipinski definition) is 4. The number of amides is 2. The molecular formula is C26H24N10O2S2. The van der Waals surface area contributed by atoms with Crippen LogP contribution in [0.4, 0.5) is 11.4 Å². The first-order valence-corrected chi connectivity index (χ1v) is 13.9. The van der Waals surface area contributed by atoms with Crippen molar-refractivity contribution in [2.75, 3.05) is 33.8 Å². The quantitative estimate of drug-likeness (QED) is 0.144. The van der Waals surface area contributed by atoms with E-state index in [1.807, 2.05) is 60.7 Å². The van der Waals surface area contributed by atoms with Crippen LogP contribution in [0.3, 0.4) is 0 Å². The second-order valence-corrected chi connectivity index (χ2v) is 10.2. The standard InChI is InChI=1S/C26H24N10O2S2/c27-35-23(17-7-3-1-4-8-17)31-33-25(35)39-15-21(37)29-19-11-13-20(14-12-19)30-22(38)16-40-26-34-32-24(36(26)28)18-9-5-2-6-10-18/h1-14H,15-16,27-28H2,(H,29,37)(H,30,38). The summed E-state index contributed by atoms with van der Waals surface area (Å²) in [4.78, 5) is 24.9. The molecule has 40 heavy (non-hydrogen) atoms. The summed E-state index contributed by atoms with van der Waals surface area (Å²) in [7, 11) is 0. The van der Waals surface area contributed by atoms with Crippen molar-refractivity contribution < 1.29 is 9.59 Å². The molecule has 2 heterocycles. The van der Waals surface area contributed by atoms with Crippen LogP contribution in [0.5, 0.6) is 0 Å². The lowest BCUT2D eigenvalue weighted by molar-refractivity contribution is -0.114. The summed E-state index contributed by atoms with van der Waals surface area (Å²) in [5.41, 5.74) is 2.84. The first-order chi connectivity index (χ1) is 19.5. The highest BCUT2D eigenvalue weighted by atomic mass is 32.2. The molecule has 2 amide bonds. The molecule has 5 rings (SSSR count). The Morgan fingerprint density at radius 3 is 1.35 bits per heavy atom. The molecule has 0 aliphatic heterocycles. The lowest BCUT2D eigenvalue weighted by Gasteiger charge is -2.08. The van der Waals surface area contributed by atoms with E-state index in [0.717, 1.165) is 11.1 Å². The molecule has 3 aromatic carbocycles. The largest absolute Gasteiger partial charge is 0.335 e. The fourth-order valence-electron chi connectivity index (χ4n) is 3.61. The van der Waals surface area contributed by atoms with Crippen LogP contribution < -0.4 is 22.3 Å². The molecular weight excluding hydrogens is 548 g/mol. The molecule has 2 aromatic heterocycles. The summed E-state index contributed by atoms with van der Waals surface area (Å²) in [6.07, 6.45) is 0. The third kappa shape index (κ3) is 6.42. The molecule has 0 saturated carbocycles. The minimum Gasteiger partial charge on any atom is -0.335 e. The Hall–Kier alpha value is -4.82. The molecule has 14 heteroatoms. The minimum atomic E-state index is -0.233. The molecule has 0 fully saturated rings. The molecule has 202 valence electrons. The molecule has 0 spiro atoms. The number of nitrogens with two attached hydrogens (primary N) is 2. The van der Waals surface area contributed by atoms with E-state index < -0.39 is 0 Å². The molecule has 0 unspecified atom stereocenters. The van der Waals surface area contributed by atoms with Crippen molar-refractivity contribution in [1.82, 2.24) is 29.7 Å². The number of nitrogen functional groups attached to an aromatic ring is 2. The second-order valence-electron chi connectivity index (χ2n) is 8.34. The summed E-state index contributed by atoms with van der Waals surface area (Å²) in [5, 5.41) is 22.9. The van der Waals surface area contributed by atoms with E-state index in [0.29, 0.717) is 33.3 Å². The lowest BCUT2D eigenvalue weighted by atomic mass is 10.2. The van der Waals surface area contributed by atoms with Gasteiger partial charge in [-0.05, 0) is 24.3 Å². The van der Waals surface area contributed by atoms with Crippen LogP contribution in [-0.2, 0) is 9.59 Å². The molecule has 0 aliphatic carbocycles. The van der Waals surface area contributed by atoms with Crippen molar-refractivity contribution in [3.05, 3.63) is 84.9 Å². The van der Waals surface area contributed by atoms with Gasteiger partial charge in [0.25, 0.3) is 0 Å². The van der Waals surface area contributed by atoms with Crippen LogP contribution in [0.25, 0.3) is 22.8 Å². The van der Waals surface area contributed by atoms with Gasteiger partial charge in [-0.3, -0.25) is 9.59 Å². The van der Waals surface area contributed by atoms with Crippen LogP contribution >= 0.6 is 23.5 Å². The number of anilines is 2. The number of rotatable bonds is 10. The third-order valence-electron chi connectivity index (χ3n) is 5.51. The zero-order valence-corrected chi connectivity index (χ0v) is 22.6. The summed E-state index contributed by atoms with van der Waals surface area (Å²) in [6.45, 7) is 0. The predicted octanol–water partition coefficient (Wildman–Crippen LogP) is 3.09. The molecule has 0 atom stereocenters. The molecule has 5 aromatic rings. The van der Waals surface area contributed by atoms with Gasteiger partial charge in [0.1, 0.15) is 0 Å². The van der Waals surface area contributed by atoms with Crippen LogP contribution in [0.15, 0.2) is 95.2 Å². The van der Waals surface area contributed by atoms with E-state index >= 15 is 0 Å². The average Bonchev–Trinajstić information content (AvgIpc) is 3.54. The maximum absolute atomic E-state index is 12.5. The predicted molar refractivity (Wildman–Crippen MR) is 156 cm³/mol. The molecule has 0 saturated heterocycles. The van der Waals surface area contributed by atoms with Crippen LogP contribution in [-0.4, -0.2) is 53.1 Å². The van der Waals surface area contributed by atoms with Gasteiger partial charge in [-0.2, -0.15) is 0 Å². The van der Waals surface area contributed by atoms with E-state index in [-0.39, 0.29) is 23.3 Å². The van der Waals surface area contributed by atoms with Crippen molar-refractivity contribution in [1.29, 1.82) is 0 Å². The maximum Gasteiger partial charge on any atom is 0.234 e. The Balaban J connectivity index is 1.08. The van der Waals surface area contributed by atoms with Crippen LogP contribution in [0.2, 0.25) is 0 Å². The topological polar surface area (TPSA) is 172 Å². The van der Waals surface area contributed by atoms with Gasteiger partial charge >= 0.3 is 0 Å². The van der Waals surface area contributed by atoms with E-state index in [1.165, 1.54) is 32.9 Å². The van der Waals surface area contributed by atoms with Crippen molar-refractivity contribution in [2.45, 2.75) is 10.3 Å². The third-order valence-corrected chi connectivity index (χ3v) is 7.40. The number of aromatic nitrogens is 6. The van der Waals surface area contributed by atoms with Gasteiger partial charge in [-0.25, -0.2) is 9.35 Å². The van der Waals surface area contributed by atoms with Gasteiger partial charge < -0.3 is 22.3 Å². The van der Waals surface area contributed by atoms with E-state index in [2.05, 4.69) is 31.0 Å². The molecule has 6 N–H and O–H groups in total. The van der Waals surface area contributed by atoms with Crippen LogP contribution in [0, 0.1) is 0 Å². The van der Waals surface area contributed by atoms with Gasteiger partial charge in [0.2, 0.25) is 22.1 Å². The summed E-state index contributed by atoms with van der Waals surface area (Å²) in [6, 6.07) is 25.7. The molecule has 0 aliphatic rings. The van der Waals surface area contributed by atoms with Gasteiger partial charge in [0.15, 0.2) is 11.6 Å². The Bertz CT molecular complexity index is 1490. The van der Waals surface area contributed by atoms with E-state index in [9.17, 15) is 9.59 Å². The monoisotopic (exact) mass is 572 g/mol. The zero-order chi connectivity index (χ0) is 27.9. The number of carbonyl (C=O) groups is 2. The van der Waals surface area contributed by atoms with Gasteiger partial charge in [-0.15, -0.1) is 20.4 Å². The average molecular weight is 573 g/mol. The molecule has 0 radical (unpaired) electrons. The second kappa shape index (κ2) is 12.4. The highest BCUT2D eigenvalue weighted by molar-refractivity contribution is 8.00. The smallest absolute Gasteiger partial charge is 0.234 e. The Kier molecular flexibility index (Phi) is 8.27. The normalized spacial score (nSPS) is 10.8. The highest BCUT2D eigenvalue weighted by Crippen LogP contribution is 2.23.